The molecular formula is C20H20Cl2N2O2. The predicted octanol–water partition coefficient (Wildman–Crippen LogP) is 3.96. The maximum atomic E-state index is 12.6. The van der Waals surface area contributed by atoms with Crippen LogP contribution < -0.4 is 5.32 Å². The summed E-state index contributed by atoms with van der Waals surface area (Å²) >= 11 is 12.0. The van der Waals surface area contributed by atoms with Crippen LogP contribution in [0.1, 0.15) is 28.8 Å². The molecule has 1 aliphatic heterocycles. The molecule has 0 aromatic heterocycles. The van der Waals surface area contributed by atoms with Crippen molar-refractivity contribution in [3.63, 3.8) is 0 Å². The number of amides is 2. The van der Waals surface area contributed by atoms with Crippen molar-refractivity contribution < 1.29 is 9.59 Å². The highest BCUT2D eigenvalue weighted by Crippen LogP contribution is 2.20. The van der Waals surface area contributed by atoms with E-state index in [-0.39, 0.29) is 17.9 Å². The largest absolute Gasteiger partial charge is 0.353 e. The fourth-order valence-electron chi connectivity index (χ4n) is 3.10. The summed E-state index contributed by atoms with van der Waals surface area (Å²) in [6, 6.07) is 14.4. The smallest absolute Gasteiger partial charge is 0.255 e. The van der Waals surface area contributed by atoms with Crippen LogP contribution in [-0.4, -0.2) is 35.8 Å². The Morgan fingerprint density at radius 1 is 1.00 bits per heavy atom. The Hall–Kier alpha value is -2.04. The Labute approximate surface area is 163 Å². The lowest BCUT2D eigenvalue weighted by Crippen LogP contribution is -2.46. The summed E-state index contributed by atoms with van der Waals surface area (Å²) in [6.45, 7) is 1.21. The van der Waals surface area contributed by atoms with E-state index in [4.69, 9.17) is 23.2 Å². The van der Waals surface area contributed by atoms with Crippen molar-refractivity contribution >= 4 is 35.0 Å². The van der Waals surface area contributed by atoms with E-state index in [1.54, 1.807) is 29.2 Å². The number of halogens is 2. The number of piperidine rings is 1. The zero-order valence-corrected chi connectivity index (χ0v) is 15.8. The van der Waals surface area contributed by atoms with Crippen LogP contribution in [0, 0.1) is 0 Å². The van der Waals surface area contributed by atoms with Gasteiger partial charge in [-0.15, -0.1) is 0 Å². The summed E-state index contributed by atoms with van der Waals surface area (Å²) < 4.78 is 0. The monoisotopic (exact) mass is 390 g/mol. The number of hydrogen-bond donors (Lipinski definition) is 1. The van der Waals surface area contributed by atoms with E-state index in [0.29, 0.717) is 35.1 Å². The van der Waals surface area contributed by atoms with Gasteiger partial charge in [-0.1, -0.05) is 47.5 Å². The second-order valence-electron chi connectivity index (χ2n) is 6.42. The number of nitrogens with one attached hydrogen (secondary N) is 1. The molecule has 2 aromatic carbocycles. The molecule has 6 heteroatoms. The van der Waals surface area contributed by atoms with Crippen molar-refractivity contribution in [2.24, 2.45) is 0 Å². The minimum absolute atomic E-state index is 0.0109. The maximum absolute atomic E-state index is 12.6. The molecular weight excluding hydrogens is 371 g/mol. The molecule has 2 amide bonds. The second-order valence-corrected chi connectivity index (χ2v) is 7.26. The number of hydrogen-bond acceptors (Lipinski definition) is 2. The highest BCUT2D eigenvalue weighted by molar-refractivity contribution is 6.33. The second kappa shape index (κ2) is 8.56. The van der Waals surface area contributed by atoms with Crippen LogP contribution in [0.2, 0.25) is 10.0 Å². The fourth-order valence-corrected chi connectivity index (χ4v) is 3.44. The van der Waals surface area contributed by atoms with Crippen LogP contribution in [0.5, 0.6) is 0 Å². The summed E-state index contributed by atoms with van der Waals surface area (Å²) in [5.41, 5.74) is 1.46. The standard InChI is InChI=1S/C20H20Cl2N2O2/c21-15-7-5-14(6-8-15)13-19(25)23-16-9-11-24(12-10-16)20(26)17-3-1-2-4-18(17)22/h1-8,16H,9-13H2,(H,23,25). The van der Waals surface area contributed by atoms with E-state index >= 15 is 0 Å². The predicted molar refractivity (Wildman–Crippen MR) is 104 cm³/mol. The van der Waals surface area contributed by atoms with Crippen LogP contribution in [0.15, 0.2) is 48.5 Å². The first-order valence-electron chi connectivity index (χ1n) is 8.60. The zero-order chi connectivity index (χ0) is 18.5. The van der Waals surface area contributed by atoms with Crippen molar-refractivity contribution in [1.29, 1.82) is 0 Å². The quantitative estimate of drug-likeness (QED) is 0.858. The first-order valence-corrected chi connectivity index (χ1v) is 9.36. The number of rotatable bonds is 4. The topological polar surface area (TPSA) is 49.4 Å². The summed E-state index contributed by atoms with van der Waals surface area (Å²) in [5, 5.41) is 4.18. The molecule has 1 N–H and O–H groups in total. The van der Waals surface area contributed by atoms with Crippen molar-refractivity contribution in [2.45, 2.75) is 25.3 Å². The SMILES string of the molecule is O=C(Cc1ccc(Cl)cc1)NC1CCN(C(=O)c2ccccc2Cl)CC1. The van der Waals surface area contributed by atoms with E-state index in [0.717, 1.165) is 18.4 Å². The van der Waals surface area contributed by atoms with Gasteiger partial charge in [0.15, 0.2) is 0 Å². The highest BCUT2D eigenvalue weighted by Gasteiger charge is 2.25. The van der Waals surface area contributed by atoms with Gasteiger partial charge < -0.3 is 10.2 Å². The molecule has 2 aromatic rings. The molecule has 4 nitrogen and oxygen atoms in total. The number of likely N-dealkylation sites (tertiary alicyclic amines) is 1. The van der Waals surface area contributed by atoms with E-state index < -0.39 is 0 Å². The van der Waals surface area contributed by atoms with Gasteiger partial charge in [-0.2, -0.15) is 0 Å². The molecule has 1 heterocycles. The van der Waals surface area contributed by atoms with Crippen LogP contribution in [0.25, 0.3) is 0 Å². The minimum atomic E-state index is -0.0541. The number of nitrogens with zero attached hydrogens (tertiary/aromatic N) is 1. The van der Waals surface area contributed by atoms with Gasteiger partial charge in [0, 0.05) is 24.2 Å². The van der Waals surface area contributed by atoms with Gasteiger partial charge in [0.25, 0.3) is 5.91 Å². The fraction of sp³-hybridized carbons (Fsp3) is 0.300. The van der Waals surface area contributed by atoms with E-state index in [2.05, 4.69) is 5.32 Å². The molecule has 0 unspecified atom stereocenters. The molecule has 1 aliphatic rings. The Balaban J connectivity index is 1.49. The van der Waals surface area contributed by atoms with Gasteiger partial charge in [0.05, 0.1) is 17.0 Å². The molecule has 0 saturated carbocycles. The third kappa shape index (κ3) is 4.77. The normalized spacial score (nSPS) is 14.9. The molecule has 0 radical (unpaired) electrons. The van der Waals surface area contributed by atoms with Crippen molar-refractivity contribution in [3.8, 4) is 0 Å². The Kier molecular flexibility index (Phi) is 6.17. The Morgan fingerprint density at radius 2 is 1.65 bits per heavy atom. The minimum Gasteiger partial charge on any atom is -0.353 e. The Morgan fingerprint density at radius 3 is 2.31 bits per heavy atom. The lowest BCUT2D eigenvalue weighted by atomic mass is 10.0. The van der Waals surface area contributed by atoms with Crippen LogP contribution in [0.4, 0.5) is 0 Å². The van der Waals surface area contributed by atoms with E-state index in [9.17, 15) is 9.59 Å². The average molecular weight is 391 g/mol. The molecule has 26 heavy (non-hydrogen) atoms. The average Bonchev–Trinajstić information content (AvgIpc) is 2.64. The van der Waals surface area contributed by atoms with E-state index in [1.165, 1.54) is 0 Å². The van der Waals surface area contributed by atoms with Crippen molar-refractivity contribution in [2.75, 3.05) is 13.1 Å². The molecule has 1 fully saturated rings. The lowest BCUT2D eigenvalue weighted by molar-refractivity contribution is -0.121. The van der Waals surface area contributed by atoms with Crippen LogP contribution >= 0.6 is 23.2 Å². The lowest BCUT2D eigenvalue weighted by Gasteiger charge is -2.32. The molecule has 3 rings (SSSR count). The molecule has 0 atom stereocenters. The summed E-state index contributed by atoms with van der Waals surface area (Å²) in [7, 11) is 0. The number of carbonyl (C=O) groups excluding carboxylic acids is 2. The van der Waals surface area contributed by atoms with Crippen LogP contribution in [0.3, 0.4) is 0 Å². The zero-order valence-electron chi connectivity index (χ0n) is 14.3. The molecule has 0 aliphatic carbocycles. The molecule has 1 saturated heterocycles. The third-order valence-electron chi connectivity index (χ3n) is 4.53. The summed E-state index contributed by atoms with van der Waals surface area (Å²) in [5.74, 6) is -0.0651. The van der Waals surface area contributed by atoms with Crippen molar-refractivity contribution in [1.82, 2.24) is 10.2 Å². The van der Waals surface area contributed by atoms with Gasteiger partial charge in [-0.3, -0.25) is 9.59 Å². The molecule has 0 bridgehead atoms. The van der Waals surface area contributed by atoms with Gasteiger partial charge in [-0.05, 0) is 42.7 Å². The highest BCUT2D eigenvalue weighted by atomic mass is 35.5. The van der Waals surface area contributed by atoms with Crippen molar-refractivity contribution in [3.05, 3.63) is 69.7 Å². The van der Waals surface area contributed by atoms with Crippen LogP contribution in [-0.2, 0) is 11.2 Å². The molecule has 0 spiro atoms. The number of benzene rings is 2. The maximum Gasteiger partial charge on any atom is 0.255 e. The summed E-state index contributed by atoms with van der Waals surface area (Å²) in [4.78, 5) is 26.6. The van der Waals surface area contributed by atoms with Gasteiger partial charge in [0.1, 0.15) is 0 Å². The van der Waals surface area contributed by atoms with Gasteiger partial charge in [-0.25, -0.2) is 0 Å². The van der Waals surface area contributed by atoms with Gasteiger partial charge >= 0.3 is 0 Å². The summed E-state index contributed by atoms with van der Waals surface area (Å²) in [6.07, 6.45) is 1.81. The first kappa shape index (κ1) is 18.7. The third-order valence-corrected chi connectivity index (χ3v) is 5.11. The molecule has 136 valence electrons. The van der Waals surface area contributed by atoms with E-state index in [1.807, 2.05) is 24.3 Å². The van der Waals surface area contributed by atoms with Gasteiger partial charge in [0.2, 0.25) is 5.91 Å². The Bertz CT molecular complexity index is 785. The number of carbonyl (C=O) groups is 2. The first-order chi connectivity index (χ1) is 12.5.